The van der Waals surface area contributed by atoms with Gasteiger partial charge in [0.15, 0.2) is 0 Å². The van der Waals surface area contributed by atoms with Crippen LogP contribution in [0.4, 0.5) is 74.8 Å². The smallest absolute Gasteiger partial charge is 0.231 e. The highest BCUT2D eigenvalue weighted by atomic mass is 32.2. The Labute approximate surface area is 157 Å². The lowest BCUT2D eigenvalue weighted by molar-refractivity contribution is -0.522. The van der Waals surface area contributed by atoms with Gasteiger partial charge in [-0.05, 0) is 4.53 Å². The molecule has 21 heteroatoms. The predicted molar refractivity (Wildman–Crippen MR) is 57.2 cm³/mol. The number of hydrogen-bond acceptors (Lipinski definition) is 3. The summed E-state index contributed by atoms with van der Waals surface area (Å²) >= 11 is 0. The van der Waals surface area contributed by atoms with Crippen molar-refractivity contribution in [3.63, 3.8) is 0 Å². The van der Waals surface area contributed by atoms with E-state index in [1.165, 1.54) is 4.39 Å². The highest BCUT2D eigenvalue weighted by Gasteiger charge is 3.12. The van der Waals surface area contributed by atoms with E-state index in [0.717, 1.165) is 0 Å². The minimum absolute atomic E-state index is 1.41. The molecule has 0 aromatic rings. The first-order valence-corrected chi connectivity index (χ1v) is 8.21. The minimum Gasteiger partial charge on any atom is -0.231 e. The Bertz CT molecular complexity index is 886. The van der Waals surface area contributed by atoms with Gasteiger partial charge in [-0.3, -0.25) is 0 Å². The molecule has 0 spiro atoms. The minimum atomic E-state index is -8.52. The predicted octanol–water partition coefficient (Wildman–Crippen LogP) is 4.48. The molecule has 2 aliphatic rings. The summed E-state index contributed by atoms with van der Waals surface area (Å²) in [5, 5.41) is -6.67. The SMILES string of the molecule is O=S(=O)(OF)C1C(F)(F)C(F)(F)C(F)(F)C2(F)C(F)(F)C(F)(F)C(F)(F)C(F)(F)C12F. The second-order valence-corrected chi connectivity index (χ2v) is 7.96. The third-order valence-corrected chi connectivity index (χ3v) is 6.26. The normalized spacial score (nSPS) is 41.3. The summed E-state index contributed by atoms with van der Waals surface area (Å²) in [7, 11) is -8.06. The zero-order chi connectivity index (χ0) is 25.3. The fraction of sp³-hybridized carbons (Fsp3) is 1.00. The Morgan fingerprint density at radius 1 is 0.516 bits per heavy atom. The fourth-order valence-corrected chi connectivity index (χ4v) is 4.60. The maximum atomic E-state index is 14.9. The lowest BCUT2D eigenvalue weighted by Gasteiger charge is -2.62. The zero-order valence-electron chi connectivity index (χ0n) is 13.1. The van der Waals surface area contributed by atoms with Gasteiger partial charge in [0.2, 0.25) is 5.25 Å². The van der Waals surface area contributed by atoms with Crippen molar-refractivity contribution in [3.05, 3.63) is 0 Å². The Hall–Kier alpha value is -1.28. The lowest BCUT2D eigenvalue weighted by Crippen LogP contribution is -2.97. The van der Waals surface area contributed by atoms with Crippen molar-refractivity contribution in [2.75, 3.05) is 0 Å². The van der Waals surface area contributed by atoms with Crippen molar-refractivity contribution < 1.29 is 87.6 Å². The largest absolute Gasteiger partial charge is 0.382 e. The van der Waals surface area contributed by atoms with Crippen molar-refractivity contribution >= 4 is 10.1 Å². The Morgan fingerprint density at radius 2 is 0.839 bits per heavy atom. The molecule has 2 aliphatic carbocycles. The summed E-state index contributed by atoms with van der Waals surface area (Å²) in [6.07, 6.45) is 0. The molecule has 0 aromatic heterocycles. The van der Waals surface area contributed by atoms with E-state index in [1.54, 1.807) is 0 Å². The molecule has 2 fully saturated rings. The van der Waals surface area contributed by atoms with Crippen LogP contribution in [0.25, 0.3) is 0 Å². The van der Waals surface area contributed by atoms with Crippen molar-refractivity contribution in [3.8, 4) is 0 Å². The summed E-state index contributed by atoms with van der Waals surface area (Å²) in [6.45, 7) is 0. The second-order valence-electron chi connectivity index (χ2n) is 6.38. The maximum Gasteiger partial charge on any atom is 0.382 e. The van der Waals surface area contributed by atoms with Crippen LogP contribution in [0.1, 0.15) is 0 Å². The summed E-state index contributed by atoms with van der Waals surface area (Å²) in [5.74, 6) is -57.6. The Kier molecular flexibility index (Phi) is 4.70. The van der Waals surface area contributed by atoms with Gasteiger partial charge in [0.05, 0.1) is 0 Å². The van der Waals surface area contributed by atoms with E-state index in [0.29, 0.717) is 0 Å². The van der Waals surface area contributed by atoms with Crippen LogP contribution >= 0.6 is 0 Å². The van der Waals surface area contributed by atoms with Crippen molar-refractivity contribution in [1.82, 2.24) is 0 Å². The summed E-state index contributed by atoms with van der Waals surface area (Å²) < 4.78 is 256. The van der Waals surface area contributed by atoms with E-state index in [9.17, 15) is 83.2 Å². The van der Waals surface area contributed by atoms with Crippen LogP contribution in [0.2, 0.25) is 0 Å². The molecule has 0 aromatic carbocycles. The third kappa shape index (κ3) is 2.02. The Morgan fingerprint density at radius 3 is 1.19 bits per heavy atom. The molecule has 31 heavy (non-hydrogen) atoms. The topological polar surface area (TPSA) is 43.4 Å². The monoisotopic (exact) mass is 524 g/mol. The molecular weight excluding hydrogens is 523 g/mol. The van der Waals surface area contributed by atoms with Gasteiger partial charge in [0.1, 0.15) is 0 Å². The number of rotatable bonds is 2. The van der Waals surface area contributed by atoms with E-state index in [-0.39, 0.29) is 0 Å². The van der Waals surface area contributed by atoms with Crippen molar-refractivity contribution in [2.24, 2.45) is 0 Å². The molecule has 3 unspecified atom stereocenters. The quantitative estimate of drug-likeness (QED) is 0.501. The van der Waals surface area contributed by atoms with Crippen LogP contribution in [-0.4, -0.2) is 66.5 Å². The zero-order valence-corrected chi connectivity index (χ0v) is 14.0. The van der Waals surface area contributed by atoms with E-state index < -0.39 is 68.2 Å². The molecule has 2 rings (SSSR count). The fourth-order valence-electron chi connectivity index (χ4n) is 3.31. The molecule has 0 saturated heterocycles. The maximum absolute atomic E-state index is 14.9. The molecule has 0 aliphatic heterocycles. The van der Waals surface area contributed by atoms with Gasteiger partial charge >= 0.3 is 51.6 Å². The summed E-state index contributed by atoms with van der Waals surface area (Å²) in [6, 6.07) is 0. The second kappa shape index (κ2) is 5.61. The molecular formula is C10HF17O3S. The number of alkyl halides is 16. The van der Waals surface area contributed by atoms with E-state index in [2.05, 4.69) is 0 Å². The van der Waals surface area contributed by atoms with E-state index >= 15 is 0 Å². The van der Waals surface area contributed by atoms with Gasteiger partial charge < -0.3 is 0 Å². The highest BCUT2D eigenvalue weighted by Crippen LogP contribution is 2.78. The number of hydrogen-bond donors (Lipinski definition) is 0. The summed E-state index contributed by atoms with van der Waals surface area (Å²) in [4.78, 5) is 0. The first kappa shape index (κ1) is 26.0. The third-order valence-electron chi connectivity index (χ3n) is 4.89. The van der Waals surface area contributed by atoms with Crippen molar-refractivity contribution in [2.45, 2.75) is 58.0 Å². The molecule has 0 N–H and O–H groups in total. The van der Waals surface area contributed by atoms with Crippen LogP contribution in [0, 0.1) is 0 Å². The van der Waals surface area contributed by atoms with Gasteiger partial charge in [-0.2, -0.15) is 69.9 Å². The first-order valence-electron chi connectivity index (χ1n) is 6.74. The number of fused-ring (bicyclic) bond motifs is 1. The van der Waals surface area contributed by atoms with Gasteiger partial charge in [0, 0.05) is 0 Å². The molecule has 3 nitrogen and oxygen atoms in total. The summed E-state index contributed by atoms with van der Waals surface area (Å²) in [5.41, 5.74) is -16.8. The van der Waals surface area contributed by atoms with E-state index in [4.69, 9.17) is 0 Å². The van der Waals surface area contributed by atoms with Gasteiger partial charge in [0.25, 0.3) is 11.3 Å². The molecule has 3 atom stereocenters. The van der Waals surface area contributed by atoms with Crippen LogP contribution in [0.3, 0.4) is 0 Å². The molecule has 0 bridgehead atoms. The highest BCUT2D eigenvalue weighted by molar-refractivity contribution is 7.87. The molecule has 0 heterocycles. The van der Waals surface area contributed by atoms with Crippen molar-refractivity contribution in [1.29, 1.82) is 0 Å². The van der Waals surface area contributed by atoms with Gasteiger partial charge in [-0.15, -0.1) is 0 Å². The van der Waals surface area contributed by atoms with Gasteiger partial charge in [-0.25, -0.2) is 8.78 Å². The van der Waals surface area contributed by atoms with Crippen LogP contribution in [0.15, 0.2) is 0 Å². The lowest BCUT2D eigenvalue weighted by atomic mass is 9.56. The molecule has 184 valence electrons. The van der Waals surface area contributed by atoms with E-state index in [1.807, 2.05) is 0 Å². The van der Waals surface area contributed by atoms with Crippen LogP contribution in [0.5, 0.6) is 0 Å². The van der Waals surface area contributed by atoms with Gasteiger partial charge in [-0.1, -0.05) is 4.39 Å². The van der Waals surface area contributed by atoms with Crippen LogP contribution in [-0.2, 0) is 14.5 Å². The standard InChI is InChI=1S/C10HF17O3S/c11-2-1(31(28,29)30-27)3(12,13)6(17,18)7(19,20)4(2,14)8(21,22)10(25,26)9(23,24)5(2,15)16/h1H. The average Bonchev–Trinajstić information content (AvgIpc) is 2.57. The molecule has 0 amide bonds. The first-order chi connectivity index (χ1) is 13.2. The Balaban J connectivity index is 3.32. The number of halogens is 17. The molecule has 2 saturated carbocycles. The molecule has 0 radical (unpaired) electrons. The van der Waals surface area contributed by atoms with Crippen LogP contribution < -0.4 is 0 Å². The average molecular weight is 524 g/mol.